The molecule has 1 unspecified atom stereocenters. The van der Waals surface area contributed by atoms with E-state index in [1.165, 1.54) is 0 Å². The molecule has 1 atom stereocenters. The maximum atomic E-state index is 11.8. The second kappa shape index (κ2) is 4.92. The molecule has 1 amide bonds. The number of aliphatic hydroxyl groups is 1. The first-order valence-electron chi connectivity index (χ1n) is 5.16. The number of rotatable bonds is 4. The van der Waals surface area contributed by atoms with Crippen LogP contribution in [0.3, 0.4) is 0 Å². The van der Waals surface area contributed by atoms with Crippen molar-refractivity contribution >= 4 is 5.91 Å². The van der Waals surface area contributed by atoms with Crippen molar-refractivity contribution in [3.8, 4) is 0 Å². The zero-order chi connectivity index (χ0) is 11.5. The molecule has 1 heterocycles. The number of piperazine rings is 1. The summed E-state index contributed by atoms with van der Waals surface area (Å²) in [7, 11) is 1.61. The highest BCUT2D eigenvalue weighted by Gasteiger charge is 2.37. The summed E-state index contributed by atoms with van der Waals surface area (Å²) in [5, 5.41) is 12.2. The molecule has 0 saturated carbocycles. The number of hydrogen-bond donors (Lipinski definition) is 2. The van der Waals surface area contributed by atoms with Crippen LogP contribution in [0.4, 0.5) is 0 Å². The van der Waals surface area contributed by atoms with Crippen molar-refractivity contribution in [1.29, 1.82) is 0 Å². The van der Waals surface area contributed by atoms with Gasteiger partial charge in [0.25, 0.3) is 0 Å². The van der Waals surface area contributed by atoms with Gasteiger partial charge in [0.05, 0.1) is 13.2 Å². The van der Waals surface area contributed by atoms with Gasteiger partial charge in [-0.3, -0.25) is 10.1 Å². The second-order valence-electron chi connectivity index (χ2n) is 4.52. The molecular weight excluding hydrogens is 196 g/mol. The minimum atomic E-state index is -0.481. The smallest absolute Gasteiger partial charge is 0.242 e. The van der Waals surface area contributed by atoms with Gasteiger partial charge < -0.3 is 14.7 Å². The average Bonchev–Trinajstić information content (AvgIpc) is 2.18. The van der Waals surface area contributed by atoms with E-state index in [1.54, 1.807) is 12.0 Å². The summed E-state index contributed by atoms with van der Waals surface area (Å²) in [6.45, 7) is 5.62. The minimum absolute atomic E-state index is 0.0473. The summed E-state index contributed by atoms with van der Waals surface area (Å²) < 4.78 is 4.95. The lowest BCUT2D eigenvalue weighted by atomic mass is 9.98. The number of carbonyl (C=O) groups excluding carboxylic acids is 1. The molecule has 0 aromatic heterocycles. The molecule has 1 aliphatic heterocycles. The molecule has 0 bridgehead atoms. The zero-order valence-corrected chi connectivity index (χ0v) is 9.62. The van der Waals surface area contributed by atoms with Gasteiger partial charge in [0.2, 0.25) is 5.91 Å². The normalized spacial score (nSPS) is 25.7. The van der Waals surface area contributed by atoms with Gasteiger partial charge in [-0.1, -0.05) is 0 Å². The van der Waals surface area contributed by atoms with Crippen molar-refractivity contribution in [3.05, 3.63) is 0 Å². The summed E-state index contributed by atoms with van der Waals surface area (Å²) >= 11 is 0. The SMILES string of the molecule is COCCN1CC(C)(C)NC(CO)C1=O. The minimum Gasteiger partial charge on any atom is -0.394 e. The molecule has 0 aliphatic carbocycles. The highest BCUT2D eigenvalue weighted by molar-refractivity contribution is 5.83. The van der Waals surface area contributed by atoms with Crippen molar-refractivity contribution in [1.82, 2.24) is 10.2 Å². The van der Waals surface area contributed by atoms with Gasteiger partial charge in [-0.2, -0.15) is 0 Å². The van der Waals surface area contributed by atoms with Crippen molar-refractivity contribution in [3.63, 3.8) is 0 Å². The summed E-state index contributed by atoms with van der Waals surface area (Å²) in [6, 6.07) is -0.481. The maximum absolute atomic E-state index is 11.8. The van der Waals surface area contributed by atoms with E-state index >= 15 is 0 Å². The Labute approximate surface area is 90.4 Å². The number of amides is 1. The molecular formula is C10H20N2O3. The van der Waals surface area contributed by atoms with Crippen molar-refractivity contribution < 1.29 is 14.6 Å². The standard InChI is InChI=1S/C10H20N2O3/c1-10(2)7-12(4-5-15-3)9(14)8(6-13)11-10/h8,11,13H,4-7H2,1-3H3. The Kier molecular flexibility index (Phi) is 4.07. The van der Waals surface area contributed by atoms with E-state index in [0.29, 0.717) is 19.7 Å². The molecule has 0 aromatic carbocycles. The summed E-state index contributed by atoms with van der Waals surface area (Å²) in [6.07, 6.45) is 0. The number of nitrogens with zero attached hydrogens (tertiary/aromatic N) is 1. The van der Waals surface area contributed by atoms with Crippen molar-refractivity contribution in [2.45, 2.75) is 25.4 Å². The Balaban J connectivity index is 2.64. The Morgan fingerprint density at radius 1 is 1.67 bits per heavy atom. The predicted octanol–water partition coefficient (Wildman–Crippen LogP) is -0.796. The van der Waals surface area contributed by atoms with Crippen LogP contribution in [0.5, 0.6) is 0 Å². The van der Waals surface area contributed by atoms with E-state index in [9.17, 15) is 4.79 Å². The van der Waals surface area contributed by atoms with Crippen LogP contribution in [0.2, 0.25) is 0 Å². The first kappa shape index (κ1) is 12.4. The lowest BCUT2D eigenvalue weighted by Gasteiger charge is -2.42. The average molecular weight is 216 g/mol. The third-order valence-corrected chi connectivity index (χ3v) is 2.51. The van der Waals surface area contributed by atoms with Gasteiger partial charge in [-0.05, 0) is 13.8 Å². The predicted molar refractivity (Wildman–Crippen MR) is 56.5 cm³/mol. The highest BCUT2D eigenvalue weighted by atomic mass is 16.5. The number of methoxy groups -OCH3 is 1. The lowest BCUT2D eigenvalue weighted by molar-refractivity contribution is -0.140. The summed E-state index contributed by atoms with van der Waals surface area (Å²) in [5.41, 5.74) is -0.158. The van der Waals surface area contributed by atoms with Gasteiger partial charge >= 0.3 is 0 Å². The Hall–Kier alpha value is -0.650. The largest absolute Gasteiger partial charge is 0.394 e. The second-order valence-corrected chi connectivity index (χ2v) is 4.52. The molecule has 1 aliphatic rings. The van der Waals surface area contributed by atoms with Crippen LogP contribution in [0.15, 0.2) is 0 Å². The molecule has 15 heavy (non-hydrogen) atoms. The number of carbonyl (C=O) groups is 1. The molecule has 0 aromatic rings. The Morgan fingerprint density at radius 3 is 2.87 bits per heavy atom. The molecule has 0 spiro atoms. The molecule has 0 radical (unpaired) electrons. The molecule has 1 fully saturated rings. The van der Waals surface area contributed by atoms with Crippen LogP contribution >= 0.6 is 0 Å². The zero-order valence-electron chi connectivity index (χ0n) is 9.62. The van der Waals surface area contributed by atoms with Gasteiger partial charge in [0.15, 0.2) is 0 Å². The monoisotopic (exact) mass is 216 g/mol. The van der Waals surface area contributed by atoms with Gasteiger partial charge in [0.1, 0.15) is 6.04 Å². The van der Waals surface area contributed by atoms with Gasteiger partial charge in [0, 0.05) is 25.7 Å². The lowest BCUT2D eigenvalue weighted by Crippen LogP contribution is -2.66. The first-order chi connectivity index (χ1) is 7.00. The maximum Gasteiger partial charge on any atom is 0.242 e. The van der Waals surface area contributed by atoms with Crippen LogP contribution in [0.25, 0.3) is 0 Å². The van der Waals surface area contributed by atoms with E-state index in [0.717, 1.165) is 0 Å². The number of ether oxygens (including phenoxy) is 1. The fraction of sp³-hybridized carbons (Fsp3) is 0.900. The van der Waals surface area contributed by atoms with Crippen LogP contribution < -0.4 is 5.32 Å². The van der Waals surface area contributed by atoms with E-state index in [1.807, 2.05) is 13.8 Å². The third-order valence-electron chi connectivity index (χ3n) is 2.51. The van der Waals surface area contributed by atoms with Crippen molar-refractivity contribution in [2.24, 2.45) is 0 Å². The molecule has 1 rings (SSSR count). The summed E-state index contributed by atoms with van der Waals surface area (Å²) in [5.74, 6) is -0.0473. The van der Waals surface area contributed by atoms with E-state index in [2.05, 4.69) is 5.32 Å². The number of hydrogen-bond acceptors (Lipinski definition) is 4. The molecule has 88 valence electrons. The van der Waals surface area contributed by atoms with Crippen LogP contribution in [0, 0.1) is 0 Å². The van der Waals surface area contributed by atoms with Crippen molar-refractivity contribution in [2.75, 3.05) is 33.4 Å². The number of aliphatic hydroxyl groups excluding tert-OH is 1. The Bertz CT molecular complexity index is 231. The van der Waals surface area contributed by atoms with Gasteiger partial charge in [-0.25, -0.2) is 0 Å². The summed E-state index contributed by atoms with van der Waals surface area (Å²) in [4.78, 5) is 13.5. The van der Waals surface area contributed by atoms with Crippen LogP contribution in [-0.4, -0.2) is 60.9 Å². The quantitative estimate of drug-likeness (QED) is 0.646. The van der Waals surface area contributed by atoms with E-state index in [-0.39, 0.29) is 18.1 Å². The fourth-order valence-corrected chi connectivity index (χ4v) is 1.87. The first-order valence-corrected chi connectivity index (χ1v) is 5.16. The fourth-order valence-electron chi connectivity index (χ4n) is 1.87. The van der Waals surface area contributed by atoms with Crippen LogP contribution in [-0.2, 0) is 9.53 Å². The Morgan fingerprint density at radius 2 is 2.33 bits per heavy atom. The number of nitrogens with one attached hydrogen (secondary N) is 1. The topological polar surface area (TPSA) is 61.8 Å². The molecule has 2 N–H and O–H groups in total. The van der Waals surface area contributed by atoms with E-state index < -0.39 is 6.04 Å². The molecule has 1 saturated heterocycles. The molecule has 5 nitrogen and oxygen atoms in total. The highest BCUT2D eigenvalue weighted by Crippen LogP contribution is 2.14. The molecule has 5 heteroatoms. The third kappa shape index (κ3) is 3.15. The van der Waals surface area contributed by atoms with Crippen LogP contribution in [0.1, 0.15) is 13.8 Å². The van der Waals surface area contributed by atoms with Gasteiger partial charge in [-0.15, -0.1) is 0 Å². The van der Waals surface area contributed by atoms with E-state index in [4.69, 9.17) is 9.84 Å².